The van der Waals surface area contributed by atoms with Gasteiger partial charge in [-0.2, -0.15) is 10.2 Å². The summed E-state index contributed by atoms with van der Waals surface area (Å²) in [4.78, 5) is 7.68. The molecule has 0 bridgehead atoms. The third kappa shape index (κ3) is 4.43. The van der Waals surface area contributed by atoms with Gasteiger partial charge in [0.05, 0.1) is 11.4 Å². The third-order valence-electron chi connectivity index (χ3n) is 4.88. The van der Waals surface area contributed by atoms with E-state index < -0.39 is 0 Å². The molecule has 8 nitrogen and oxygen atoms in total. The van der Waals surface area contributed by atoms with Crippen LogP contribution in [0.4, 0.5) is 0 Å². The topological polar surface area (TPSA) is 126 Å². The first-order valence-electron chi connectivity index (χ1n) is 9.25. The summed E-state index contributed by atoms with van der Waals surface area (Å²) >= 11 is 0. The fourth-order valence-corrected chi connectivity index (χ4v) is 3.17. The normalized spacial score (nSPS) is 14.5. The zero-order chi connectivity index (χ0) is 21.0. The van der Waals surface area contributed by atoms with E-state index in [-0.39, 0.29) is 11.9 Å². The molecule has 0 aromatic heterocycles. The summed E-state index contributed by atoms with van der Waals surface area (Å²) in [6, 6.07) is 12.8. The zero-order valence-electron chi connectivity index (χ0n) is 17.1. The van der Waals surface area contributed by atoms with Crippen molar-refractivity contribution >= 4 is 23.3 Å². The van der Waals surface area contributed by atoms with Crippen LogP contribution in [0.1, 0.15) is 36.1 Å². The van der Waals surface area contributed by atoms with Crippen molar-refractivity contribution in [1.29, 1.82) is 0 Å². The fourth-order valence-electron chi connectivity index (χ4n) is 3.17. The molecule has 0 fully saturated rings. The number of hydrogen-bond donors (Lipinski definition) is 4. The van der Waals surface area contributed by atoms with Crippen LogP contribution in [0.5, 0.6) is 0 Å². The Labute approximate surface area is 170 Å². The van der Waals surface area contributed by atoms with Crippen LogP contribution in [-0.4, -0.2) is 37.4 Å². The minimum absolute atomic E-state index is 0.281. The number of guanidine groups is 2. The standard InChI is InChI=1S/C21H26N8/c1-12(26-28-20(22)24-3)14-5-7-18-16(9-14)11-17-10-15(6-8-19(17)18)13(2)27-29-21(23)25-4/h5-10H,11H2,1-4H3,(H3,22,24,28)(H3,23,25,29)/b26-12+,27-13+. The molecule has 0 heterocycles. The summed E-state index contributed by atoms with van der Waals surface area (Å²) < 4.78 is 0. The van der Waals surface area contributed by atoms with E-state index in [0.717, 1.165) is 29.0 Å². The number of rotatable bonds is 4. The maximum atomic E-state index is 5.64. The molecule has 8 heteroatoms. The van der Waals surface area contributed by atoms with E-state index in [9.17, 15) is 0 Å². The van der Waals surface area contributed by atoms with Crippen LogP contribution in [0.3, 0.4) is 0 Å². The number of nitrogens with zero attached hydrogens (tertiary/aromatic N) is 4. The molecule has 29 heavy (non-hydrogen) atoms. The van der Waals surface area contributed by atoms with Crippen LogP contribution >= 0.6 is 0 Å². The van der Waals surface area contributed by atoms with Crippen LogP contribution in [0, 0.1) is 0 Å². The van der Waals surface area contributed by atoms with E-state index in [2.05, 4.69) is 67.4 Å². The summed E-state index contributed by atoms with van der Waals surface area (Å²) in [6.07, 6.45) is 0.866. The van der Waals surface area contributed by atoms with Crippen molar-refractivity contribution in [2.45, 2.75) is 20.3 Å². The van der Waals surface area contributed by atoms with Gasteiger partial charge in [-0.15, -0.1) is 0 Å². The maximum Gasteiger partial charge on any atom is 0.209 e. The molecule has 0 saturated carbocycles. The molecular formula is C21H26N8. The predicted octanol–water partition coefficient (Wildman–Crippen LogP) is 1.77. The summed E-state index contributed by atoms with van der Waals surface area (Å²) in [5.74, 6) is 0.563. The average Bonchev–Trinajstić information content (AvgIpc) is 3.11. The highest BCUT2D eigenvalue weighted by molar-refractivity contribution is 6.01. The van der Waals surface area contributed by atoms with Gasteiger partial charge in [0.2, 0.25) is 11.9 Å². The molecule has 0 amide bonds. The lowest BCUT2D eigenvalue weighted by Gasteiger charge is -2.07. The van der Waals surface area contributed by atoms with Gasteiger partial charge < -0.3 is 11.5 Å². The largest absolute Gasteiger partial charge is 0.369 e. The van der Waals surface area contributed by atoms with Gasteiger partial charge in [-0.05, 0) is 65.8 Å². The van der Waals surface area contributed by atoms with Crippen molar-refractivity contribution in [1.82, 2.24) is 10.9 Å². The van der Waals surface area contributed by atoms with E-state index in [1.165, 1.54) is 22.3 Å². The highest BCUT2D eigenvalue weighted by Gasteiger charge is 2.19. The van der Waals surface area contributed by atoms with E-state index in [1.54, 1.807) is 14.1 Å². The molecule has 150 valence electrons. The lowest BCUT2D eigenvalue weighted by atomic mass is 10.0. The average molecular weight is 390 g/mol. The summed E-state index contributed by atoms with van der Waals surface area (Å²) in [5, 5.41) is 8.57. The van der Waals surface area contributed by atoms with Gasteiger partial charge >= 0.3 is 0 Å². The lowest BCUT2D eigenvalue weighted by Crippen LogP contribution is -2.27. The third-order valence-corrected chi connectivity index (χ3v) is 4.88. The van der Waals surface area contributed by atoms with Crippen molar-refractivity contribution in [3.05, 3.63) is 58.7 Å². The van der Waals surface area contributed by atoms with Crippen molar-refractivity contribution in [3.8, 4) is 11.1 Å². The molecule has 6 N–H and O–H groups in total. The molecule has 0 unspecified atom stereocenters. The summed E-state index contributed by atoms with van der Waals surface area (Å²) in [5.41, 5.74) is 25.6. The van der Waals surface area contributed by atoms with Gasteiger partial charge in [0.25, 0.3) is 0 Å². The Morgan fingerprint density at radius 1 is 0.759 bits per heavy atom. The molecular weight excluding hydrogens is 364 g/mol. The quantitative estimate of drug-likeness (QED) is 0.308. The Kier molecular flexibility index (Phi) is 5.92. The minimum atomic E-state index is 0.281. The van der Waals surface area contributed by atoms with Gasteiger partial charge in [-0.25, -0.2) is 10.9 Å². The first-order valence-corrected chi connectivity index (χ1v) is 9.25. The molecule has 0 aliphatic heterocycles. The maximum absolute atomic E-state index is 5.64. The molecule has 0 atom stereocenters. The molecule has 0 spiro atoms. The minimum Gasteiger partial charge on any atom is -0.369 e. The lowest BCUT2D eigenvalue weighted by molar-refractivity contribution is 0.997. The Hall–Kier alpha value is -3.68. The summed E-state index contributed by atoms with van der Waals surface area (Å²) in [7, 11) is 3.23. The van der Waals surface area contributed by atoms with Crippen molar-refractivity contribution < 1.29 is 0 Å². The fraction of sp³-hybridized carbons (Fsp3) is 0.238. The van der Waals surface area contributed by atoms with E-state index in [4.69, 9.17) is 11.5 Å². The smallest absolute Gasteiger partial charge is 0.209 e. The monoisotopic (exact) mass is 390 g/mol. The van der Waals surface area contributed by atoms with Gasteiger partial charge in [0, 0.05) is 14.1 Å². The first-order chi connectivity index (χ1) is 13.9. The van der Waals surface area contributed by atoms with Crippen LogP contribution in [0.25, 0.3) is 11.1 Å². The summed E-state index contributed by atoms with van der Waals surface area (Å²) in [6.45, 7) is 3.88. The van der Waals surface area contributed by atoms with E-state index in [1.807, 2.05) is 13.8 Å². The molecule has 2 aromatic rings. The Bertz CT molecular complexity index is 963. The SMILES string of the molecule is CN=C(N)N/N=C(\C)c1ccc2c(c1)Cc1cc(/C(C)=N/NC(N)=NC)ccc1-2. The number of nitrogens with one attached hydrogen (secondary N) is 2. The molecule has 0 radical (unpaired) electrons. The van der Waals surface area contributed by atoms with Crippen LogP contribution < -0.4 is 22.3 Å². The van der Waals surface area contributed by atoms with Crippen molar-refractivity contribution in [2.75, 3.05) is 14.1 Å². The van der Waals surface area contributed by atoms with E-state index >= 15 is 0 Å². The van der Waals surface area contributed by atoms with Crippen LogP contribution in [-0.2, 0) is 6.42 Å². The molecule has 0 saturated heterocycles. The molecule has 1 aliphatic carbocycles. The van der Waals surface area contributed by atoms with Crippen LogP contribution in [0.2, 0.25) is 0 Å². The van der Waals surface area contributed by atoms with Crippen molar-refractivity contribution in [2.24, 2.45) is 31.7 Å². The number of hydrogen-bond acceptors (Lipinski definition) is 4. The first kappa shape index (κ1) is 20.1. The Balaban J connectivity index is 1.83. The van der Waals surface area contributed by atoms with Crippen molar-refractivity contribution in [3.63, 3.8) is 0 Å². The van der Waals surface area contributed by atoms with Gasteiger partial charge in [-0.1, -0.05) is 24.3 Å². The predicted molar refractivity (Wildman–Crippen MR) is 120 cm³/mol. The molecule has 2 aromatic carbocycles. The number of benzene rings is 2. The number of nitrogens with two attached hydrogens (primary N) is 2. The zero-order valence-corrected chi connectivity index (χ0v) is 17.1. The van der Waals surface area contributed by atoms with Gasteiger partial charge in [0.1, 0.15) is 0 Å². The molecule has 3 rings (SSSR count). The van der Waals surface area contributed by atoms with E-state index in [0.29, 0.717) is 0 Å². The molecule has 1 aliphatic rings. The number of aliphatic imine (C=N–C) groups is 2. The second-order valence-corrected chi connectivity index (χ2v) is 6.76. The second kappa shape index (κ2) is 8.55. The number of fused-ring (bicyclic) bond motifs is 3. The highest BCUT2D eigenvalue weighted by Crippen LogP contribution is 2.37. The van der Waals surface area contributed by atoms with Gasteiger partial charge in [-0.3, -0.25) is 9.98 Å². The second-order valence-electron chi connectivity index (χ2n) is 6.76. The Morgan fingerprint density at radius 3 is 1.55 bits per heavy atom. The van der Waals surface area contributed by atoms with Crippen LogP contribution in [0.15, 0.2) is 56.6 Å². The highest BCUT2D eigenvalue weighted by atomic mass is 15.4. The Morgan fingerprint density at radius 2 is 1.17 bits per heavy atom. The number of hydrazone groups is 2. The van der Waals surface area contributed by atoms with Gasteiger partial charge in [0.15, 0.2) is 0 Å².